The standard InChI is InChI=1S/C25H14Cl3NO2S/c26-15-8-12-23-20(14-15)29(19-6-1-2-7-22(19)32-23)24(30)13-10-16-9-11-21(31-16)17-4-3-5-18(27)25(17)28/h1-14H. The molecular formula is C25H14Cl3NO2S. The molecule has 3 aromatic carbocycles. The van der Waals surface area contributed by atoms with Crippen molar-refractivity contribution in [1.82, 2.24) is 0 Å². The van der Waals surface area contributed by atoms with E-state index in [-0.39, 0.29) is 5.91 Å². The number of rotatable bonds is 3. The zero-order chi connectivity index (χ0) is 22.2. The lowest BCUT2D eigenvalue weighted by atomic mass is 10.2. The Morgan fingerprint density at radius 3 is 2.56 bits per heavy atom. The maximum Gasteiger partial charge on any atom is 0.255 e. The summed E-state index contributed by atoms with van der Waals surface area (Å²) in [5, 5.41) is 1.44. The summed E-state index contributed by atoms with van der Waals surface area (Å²) < 4.78 is 5.88. The van der Waals surface area contributed by atoms with Crippen molar-refractivity contribution in [2.75, 3.05) is 4.90 Å². The number of benzene rings is 3. The van der Waals surface area contributed by atoms with Crippen LogP contribution in [0.4, 0.5) is 11.4 Å². The smallest absolute Gasteiger partial charge is 0.255 e. The summed E-state index contributed by atoms with van der Waals surface area (Å²) in [5.74, 6) is 0.886. The highest BCUT2D eigenvalue weighted by Gasteiger charge is 2.27. The Labute approximate surface area is 204 Å². The Morgan fingerprint density at radius 1 is 0.875 bits per heavy atom. The first-order valence-corrected chi connectivity index (χ1v) is 11.6. The fourth-order valence-corrected chi connectivity index (χ4v) is 5.07. The van der Waals surface area contributed by atoms with Crippen LogP contribution in [0.15, 0.2) is 93.1 Å². The van der Waals surface area contributed by atoms with E-state index in [9.17, 15) is 4.79 Å². The molecule has 158 valence electrons. The molecule has 0 radical (unpaired) electrons. The molecule has 0 N–H and O–H groups in total. The van der Waals surface area contributed by atoms with E-state index in [0.29, 0.717) is 32.2 Å². The summed E-state index contributed by atoms with van der Waals surface area (Å²) in [6, 6.07) is 22.3. The van der Waals surface area contributed by atoms with Gasteiger partial charge in [-0.05, 0) is 60.7 Å². The van der Waals surface area contributed by atoms with Gasteiger partial charge in [-0.2, -0.15) is 0 Å². The molecule has 3 nitrogen and oxygen atoms in total. The minimum Gasteiger partial charge on any atom is -0.457 e. The second-order valence-electron chi connectivity index (χ2n) is 6.99. The topological polar surface area (TPSA) is 33.5 Å². The Hall–Kier alpha value is -2.63. The molecular weight excluding hydrogens is 485 g/mol. The Bertz CT molecular complexity index is 1380. The number of carbonyl (C=O) groups is 1. The van der Waals surface area contributed by atoms with Gasteiger partial charge in [0, 0.05) is 26.5 Å². The Balaban J connectivity index is 1.47. The van der Waals surface area contributed by atoms with E-state index in [1.54, 1.807) is 53.1 Å². The van der Waals surface area contributed by atoms with E-state index in [2.05, 4.69) is 0 Å². The summed E-state index contributed by atoms with van der Waals surface area (Å²) in [7, 11) is 0. The van der Waals surface area contributed by atoms with Crippen LogP contribution >= 0.6 is 46.6 Å². The first-order valence-electron chi connectivity index (χ1n) is 9.64. The second-order valence-corrected chi connectivity index (χ2v) is 9.30. The van der Waals surface area contributed by atoms with Crippen LogP contribution in [0.1, 0.15) is 5.76 Å². The second kappa shape index (κ2) is 8.72. The lowest BCUT2D eigenvalue weighted by molar-refractivity contribution is -0.113. The van der Waals surface area contributed by atoms with Gasteiger partial charge in [-0.15, -0.1) is 0 Å². The zero-order valence-electron chi connectivity index (χ0n) is 16.4. The van der Waals surface area contributed by atoms with Crippen molar-refractivity contribution in [2.24, 2.45) is 0 Å². The lowest BCUT2D eigenvalue weighted by Gasteiger charge is -2.30. The molecule has 7 heteroatoms. The molecule has 5 rings (SSSR count). The molecule has 0 spiro atoms. The first kappa shape index (κ1) is 21.2. The molecule has 1 aliphatic heterocycles. The largest absolute Gasteiger partial charge is 0.457 e. The van der Waals surface area contributed by atoms with Crippen molar-refractivity contribution in [1.29, 1.82) is 0 Å². The predicted octanol–water partition coefficient (Wildman–Crippen LogP) is 8.75. The summed E-state index contributed by atoms with van der Waals surface area (Å²) in [6.45, 7) is 0. The predicted molar refractivity (Wildman–Crippen MR) is 132 cm³/mol. The van der Waals surface area contributed by atoms with Crippen molar-refractivity contribution < 1.29 is 9.21 Å². The number of halogens is 3. The van der Waals surface area contributed by atoms with Gasteiger partial charge in [-0.25, -0.2) is 0 Å². The maximum absolute atomic E-state index is 13.3. The monoisotopic (exact) mass is 497 g/mol. The van der Waals surface area contributed by atoms with Crippen LogP contribution in [0, 0.1) is 0 Å². The highest BCUT2D eigenvalue weighted by molar-refractivity contribution is 7.99. The van der Waals surface area contributed by atoms with E-state index < -0.39 is 0 Å². The molecule has 0 unspecified atom stereocenters. The SMILES string of the molecule is O=C(C=Cc1ccc(-c2cccc(Cl)c2Cl)o1)N1c2ccccc2Sc2ccc(Cl)cc21. The molecule has 0 aliphatic carbocycles. The normalized spacial score (nSPS) is 12.7. The average Bonchev–Trinajstić information content (AvgIpc) is 3.26. The van der Waals surface area contributed by atoms with Gasteiger partial charge in [-0.1, -0.05) is 64.8 Å². The van der Waals surface area contributed by atoms with Crippen LogP contribution in [0.2, 0.25) is 15.1 Å². The quantitative estimate of drug-likeness (QED) is 0.265. The van der Waals surface area contributed by atoms with Gasteiger partial charge >= 0.3 is 0 Å². The number of furan rings is 1. The Morgan fingerprint density at radius 2 is 1.69 bits per heavy atom. The van der Waals surface area contributed by atoms with E-state index in [1.165, 1.54) is 6.08 Å². The molecule has 0 fully saturated rings. The third-order valence-corrected chi connectivity index (χ3v) is 7.13. The van der Waals surface area contributed by atoms with E-state index in [1.807, 2.05) is 42.5 Å². The molecule has 0 bridgehead atoms. The first-order chi connectivity index (χ1) is 15.5. The number of hydrogen-bond donors (Lipinski definition) is 0. The van der Waals surface area contributed by atoms with Crippen molar-refractivity contribution in [3.63, 3.8) is 0 Å². The fraction of sp³-hybridized carbons (Fsp3) is 0. The molecule has 0 saturated carbocycles. The molecule has 4 aromatic rings. The van der Waals surface area contributed by atoms with E-state index in [4.69, 9.17) is 39.2 Å². The van der Waals surface area contributed by atoms with Crippen LogP contribution < -0.4 is 4.90 Å². The number of anilines is 2. The molecule has 1 aromatic heterocycles. The van der Waals surface area contributed by atoms with Gasteiger partial charge in [0.05, 0.1) is 21.4 Å². The summed E-state index contributed by atoms with van der Waals surface area (Å²) >= 11 is 20.2. The number of hydrogen-bond acceptors (Lipinski definition) is 3. The number of amides is 1. The van der Waals surface area contributed by atoms with Gasteiger partial charge in [0.25, 0.3) is 5.91 Å². The average molecular weight is 499 g/mol. The van der Waals surface area contributed by atoms with E-state index >= 15 is 0 Å². The van der Waals surface area contributed by atoms with Gasteiger partial charge < -0.3 is 4.42 Å². The maximum atomic E-state index is 13.3. The van der Waals surface area contributed by atoms with Gasteiger partial charge in [0.15, 0.2) is 0 Å². The Kier molecular flexibility index (Phi) is 5.78. The molecule has 32 heavy (non-hydrogen) atoms. The van der Waals surface area contributed by atoms with Crippen LogP contribution in [0.25, 0.3) is 17.4 Å². The third-order valence-electron chi connectivity index (χ3n) is 4.94. The molecule has 0 saturated heterocycles. The third kappa shape index (κ3) is 3.96. The summed E-state index contributed by atoms with van der Waals surface area (Å²) in [5.41, 5.74) is 2.25. The molecule has 0 atom stereocenters. The summed E-state index contributed by atoms with van der Waals surface area (Å²) in [4.78, 5) is 16.9. The minimum atomic E-state index is -0.208. The molecule has 1 amide bonds. The molecule has 2 heterocycles. The lowest BCUT2D eigenvalue weighted by Crippen LogP contribution is -2.26. The van der Waals surface area contributed by atoms with Crippen LogP contribution in [-0.4, -0.2) is 5.91 Å². The van der Waals surface area contributed by atoms with E-state index in [0.717, 1.165) is 21.2 Å². The van der Waals surface area contributed by atoms with Crippen molar-refractivity contribution in [3.8, 4) is 11.3 Å². The number of fused-ring (bicyclic) bond motifs is 2. The van der Waals surface area contributed by atoms with Crippen molar-refractivity contribution >= 4 is 69.9 Å². The highest BCUT2D eigenvalue weighted by Crippen LogP contribution is 2.48. The van der Waals surface area contributed by atoms with Crippen LogP contribution in [0.3, 0.4) is 0 Å². The van der Waals surface area contributed by atoms with Gasteiger partial charge in [0.1, 0.15) is 11.5 Å². The summed E-state index contributed by atoms with van der Waals surface area (Å²) in [6.07, 6.45) is 3.12. The van der Waals surface area contributed by atoms with Gasteiger partial charge in [0.2, 0.25) is 0 Å². The number of para-hydroxylation sites is 1. The van der Waals surface area contributed by atoms with Crippen LogP contribution in [-0.2, 0) is 4.79 Å². The van der Waals surface area contributed by atoms with Crippen molar-refractivity contribution in [3.05, 3.63) is 99.7 Å². The molecule has 1 aliphatic rings. The van der Waals surface area contributed by atoms with Crippen molar-refractivity contribution in [2.45, 2.75) is 9.79 Å². The zero-order valence-corrected chi connectivity index (χ0v) is 19.5. The number of carbonyl (C=O) groups excluding carboxylic acids is 1. The fourth-order valence-electron chi connectivity index (χ4n) is 3.47. The van der Waals surface area contributed by atoms with Gasteiger partial charge in [-0.3, -0.25) is 9.69 Å². The number of nitrogens with zero attached hydrogens (tertiary/aromatic N) is 1. The highest BCUT2D eigenvalue weighted by atomic mass is 35.5. The minimum absolute atomic E-state index is 0.208. The van der Waals surface area contributed by atoms with Crippen LogP contribution in [0.5, 0.6) is 0 Å².